The molecule has 1 aromatic carbocycles. The van der Waals surface area contributed by atoms with Gasteiger partial charge in [-0.05, 0) is 40.5 Å². The minimum absolute atomic E-state index is 0.143. The van der Waals surface area contributed by atoms with Crippen LogP contribution in [0.1, 0.15) is 11.4 Å². The van der Waals surface area contributed by atoms with E-state index in [1.54, 1.807) is 29.1 Å². The highest BCUT2D eigenvalue weighted by Crippen LogP contribution is 2.28. The Kier molecular flexibility index (Phi) is 4.68. The van der Waals surface area contributed by atoms with Gasteiger partial charge in [0.1, 0.15) is 5.82 Å². The Labute approximate surface area is 134 Å². The Morgan fingerprint density at radius 3 is 2.60 bits per heavy atom. The zero-order chi connectivity index (χ0) is 14.9. The maximum absolute atomic E-state index is 12.3. The molecule has 0 atom stereocenters. The molecule has 0 aliphatic heterocycles. The summed E-state index contributed by atoms with van der Waals surface area (Å²) in [4.78, 5) is 4.28. The first-order valence-corrected chi connectivity index (χ1v) is 8.79. The number of benzene rings is 1. The smallest absolute Gasteiger partial charge is 0.242 e. The van der Waals surface area contributed by atoms with E-state index in [1.807, 2.05) is 14.0 Å². The van der Waals surface area contributed by atoms with Crippen LogP contribution in [0.4, 0.5) is 0 Å². The molecule has 0 saturated heterocycles. The minimum atomic E-state index is -3.60. The van der Waals surface area contributed by atoms with E-state index in [4.69, 9.17) is 0 Å². The molecule has 108 valence electrons. The lowest BCUT2D eigenvalue weighted by molar-refractivity contribution is 0.577. The van der Waals surface area contributed by atoms with Gasteiger partial charge in [0.05, 0.1) is 11.4 Å². The molecule has 0 saturated carbocycles. The maximum atomic E-state index is 12.3. The second-order valence-electron chi connectivity index (χ2n) is 4.31. The van der Waals surface area contributed by atoms with Crippen LogP contribution < -0.4 is 4.72 Å². The SMILES string of the molecule is Cc1cc(Br)c(S(=O)(=O)NCc2nccn2C)cc1Br. The van der Waals surface area contributed by atoms with Gasteiger partial charge in [0.25, 0.3) is 0 Å². The molecule has 0 amide bonds. The molecule has 1 aromatic heterocycles. The molecule has 8 heteroatoms. The van der Waals surface area contributed by atoms with Crippen LogP contribution in [0, 0.1) is 6.92 Å². The highest BCUT2D eigenvalue weighted by atomic mass is 79.9. The number of hydrogen-bond acceptors (Lipinski definition) is 3. The van der Waals surface area contributed by atoms with Gasteiger partial charge in [0.15, 0.2) is 0 Å². The Bertz CT molecular complexity index is 741. The van der Waals surface area contributed by atoms with Crippen LogP contribution in [0.15, 0.2) is 38.4 Å². The van der Waals surface area contributed by atoms with Crippen LogP contribution in [0.3, 0.4) is 0 Å². The van der Waals surface area contributed by atoms with Crippen LogP contribution in [0.25, 0.3) is 0 Å². The molecule has 1 heterocycles. The summed E-state index contributed by atoms with van der Waals surface area (Å²) in [5.41, 5.74) is 0.958. The van der Waals surface area contributed by atoms with E-state index in [9.17, 15) is 8.42 Å². The molecule has 2 aromatic rings. The molecule has 20 heavy (non-hydrogen) atoms. The van der Waals surface area contributed by atoms with Gasteiger partial charge in [-0.1, -0.05) is 15.9 Å². The first-order chi connectivity index (χ1) is 9.31. The lowest BCUT2D eigenvalue weighted by atomic mass is 10.2. The van der Waals surface area contributed by atoms with Crippen molar-refractivity contribution in [3.63, 3.8) is 0 Å². The summed E-state index contributed by atoms with van der Waals surface area (Å²) in [6.07, 6.45) is 3.39. The fraction of sp³-hybridized carbons (Fsp3) is 0.250. The molecule has 2 rings (SSSR count). The number of aromatic nitrogens is 2. The van der Waals surface area contributed by atoms with E-state index in [-0.39, 0.29) is 11.4 Å². The van der Waals surface area contributed by atoms with Gasteiger partial charge in [-0.2, -0.15) is 0 Å². The summed E-state index contributed by atoms with van der Waals surface area (Å²) in [5.74, 6) is 0.649. The fourth-order valence-electron chi connectivity index (χ4n) is 1.64. The van der Waals surface area contributed by atoms with Crippen molar-refractivity contribution < 1.29 is 8.42 Å². The summed E-state index contributed by atoms with van der Waals surface area (Å²) in [5, 5.41) is 0. The van der Waals surface area contributed by atoms with Crippen molar-refractivity contribution in [2.75, 3.05) is 0 Å². The van der Waals surface area contributed by atoms with Crippen molar-refractivity contribution in [3.05, 3.63) is 44.9 Å². The molecule has 0 aliphatic carbocycles. The van der Waals surface area contributed by atoms with Crippen LogP contribution in [0.5, 0.6) is 0 Å². The highest BCUT2D eigenvalue weighted by molar-refractivity contribution is 9.11. The molecule has 5 nitrogen and oxygen atoms in total. The van der Waals surface area contributed by atoms with Crippen LogP contribution >= 0.6 is 31.9 Å². The first-order valence-electron chi connectivity index (χ1n) is 5.73. The lowest BCUT2D eigenvalue weighted by Crippen LogP contribution is -2.25. The lowest BCUT2D eigenvalue weighted by Gasteiger charge is -2.10. The number of imidazole rings is 1. The largest absolute Gasteiger partial charge is 0.337 e. The Morgan fingerprint density at radius 1 is 1.30 bits per heavy atom. The van der Waals surface area contributed by atoms with Crippen molar-refractivity contribution in [3.8, 4) is 0 Å². The van der Waals surface area contributed by atoms with Gasteiger partial charge in [0, 0.05) is 28.4 Å². The number of aryl methyl sites for hydroxylation is 2. The molecule has 1 N–H and O–H groups in total. The average molecular weight is 423 g/mol. The third kappa shape index (κ3) is 3.30. The zero-order valence-corrected chi connectivity index (χ0v) is 14.9. The van der Waals surface area contributed by atoms with E-state index >= 15 is 0 Å². The Hall–Kier alpha value is -0.700. The van der Waals surface area contributed by atoms with E-state index < -0.39 is 10.0 Å². The normalized spacial score (nSPS) is 11.8. The quantitative estimate of drug-likeness (QED) is 0.823. The fourth-order valence-corrected chi connectivity index (χ4v) is 4.29. The van der Waals surface area contributed by atoms with Crippen LogP contribution in [0.2, 0.25) is 0 Å². The summed E-state index contributed by atoms with van der Waals surface area (Å²) in [6.45, 7) is 2.04. The monoisotopic (exact) mass is 421 g/mol. The maximum Gasteiger partial charge on any atom is 0.242 e. The van der Waals surface area contributed by atoms with Crippen molar-refractivity contribution >= 4 is 41.9 Å². The standard InChI is InChI=1S/C12H13Br2N3O2S/c1-8-5-10(14)11(6-9(8)13)20(18,19)16-7-12-15-3-4-17(12)2/h3-6,16H,7H2,1-2H3. The van der Waals surface area contributed by atoms with Crippen LogP contribution in [-0.4, -0.2) is 18.0 Å². The molecule has 0 spiro atoms. The zero-order valence-electron chi connectivity index (χ0n) is 10.9. The molecular formula is C12H13Br2N3O2S. The van der Waals surface area contributed by atoms with E-state index in [1.165, 1.54) is 0 Å². The third-order valence-electron chi connectivity index (χ3n) is 2.84. The topological polar surface area (TPSA) is 64.0 Å². The first kappa shape index (κ1) is 15.7. The number of nitrogens with zero attached hydrogens (tertiary/aromatic N) is 2. The van der Waals surface area contributed by atoms with E-state index in [0.717, 1.165) is 10.0 Å². The molecule has 0 radical (unpaired) electrons. The predicted molar refractivity (Wildman–Crippen MR) is 83.8 cm³/mol. The van der Waals surface area contributed by atoms with E-state index in [2.05, 4.69) is 41.6 Å². The summed E-state index contributed by atoms with van der Waals surface area (Å²) >= 11 is 6.63. The van der Waals surface area contributed by atoms with Gasteiger partial charge in [-0.25, -0.2) is 18.1 Å². The van der Waals surface area contributed by atoms with Crippen molar-refractivity contribution in [2.45, 2.75) is 18.4 Å². The molecular weight excluding hydrogens is 410 g/mol. The predicted octanol–water partition coefficient (Wildman–Crippen LogP) is 2.73. The number of halogens is 2. The van der Waals surface area contributed by atoms with Gasteiger partial charge in [0.2, 0.25) is 10.0 Å². The highest BCUT2D eigenvalue weighted by Gasteiger charge is 2.19. The Morgan fingerprint density at radius 2 is 2.00 bits per heavy atom. The van der Waals surface area contributed by atoms with Gasteiger partial charge in [-0.3, -0.25) is 0 Å². The second-order valence-corrected chi connectivity index (χ2v) is 7.75. The van der Waals surface area contributed by atoms with E-state index in [0.29, 0.717) is 10.3 Å². The molecule has 0 unspecified atom stereocenters. The molecule has 0 fully saturated rings. The summed E-state index contributed by atoms with van der Waals surface area (Å²) in [7, 11) is -1.79. The second kappa shape index (κ2) is 5.97. The number of rotatable bonds is 4. The third-order valence-corrected chi connectivity index (χ3v) is 6.06. The summed E-state index contributed by atoms with van der Waals surface area (Å²) in [6, 6.07) is 3.35. The van der Waals surface area contributed by atoms with Crippen molar-refractivity contribution in [1.82, 2.24) is 14.3 Å². The molecule has 0 bridgehead atoms. The Balaban J connectivity index is 2.27. The van der Waals surface area contributed by atoms with Gasteiger partial charge in [-0.15, -0.1) is 0 Å². The minimum Gasteiger partial charge on any atom is -0.337 e. The number of hydrogen-bond donors (Lipinski definition) is 1. The van der Waals surface area contributed by atoms with Crippen molar-refractivity contribution in [1.29, 1.82) is 0 Å². The average Bonchev–Trinajstić information content (AvgIpc) is 2.77. The number of sulfonamides is 1. The summed E-state index contributed by atoms with van der Waals surface area (Å²) < 4.78 is 30.2. The van der Waals surface area contributed by atoms with Gasteiger partial charge >= 0.3 is 0 Å². The van der Waals surface area contributed by atoms with Crippen LogP contribution in [-0.2, 0) is 23.6 Å². The van der Waals surface area contributed by atoms with Gasteiger partial charge < -0.3 is 4.57 Å². The van der Waals surface area contributed by atoms with Crippen molar-refractivity contribution in [2.24, 2.45) is 7.05 Å². The molecule has 0 aliphatic rings. The number of nitrogens with one attached hydrogen (secondary N) is 1.